The van der Waals surface area contributed by atoms with Gasteiger partial charge >= 0.3 is 6.03 Å². The third-order valence-electron chi connectivity index (χ3n) is 3.06. The van der Waals surface area contributed by atoms with Gasteiger partial charge in [0.05, 0.1) is 0 Å². The highest BCUT2D eigenvalue weighted by Crippen LogP contribution is 2.22. The van der Waals surface area contributed by atoms with Crippen molar-refractivity contribution in [2.75, 3.05) is 16.4 Å². The van der Waals surface area contributed by atoms with E-state index < -0.39 is 0 Å². The predicted octanol–water partition coefficient (Wildman–Crippen LogP) is 3.84. The van der Waals surface area contributed by atoms with Gasteiger partial charge in [0.15, 0.2) is 0 Å². The van der Waals surface area contributed by atoms with Gasteiger partial charge in [0.1, 0.15) is 0 Å². The van der Waals surface area contributed by atoms with Gasteiger partial charge in [-0.2, -0.15) is 0 Å². The van der Waals surface area contributed by atoms with Gasteiger partial charge in [0, 0.05) is 17.1 Å². The van der Waals surface area contributed by atoms with Crippen LogP contribution < -0.4 is 16.4 Å². The van der Waals surface area contributed by atoms with Crippen LogP contribution >= 0.6 is 0 Å². The minimum absolute atomic E-state index is 0.273. The van der Waals surface area contributed by atoms with E-state index in [4.69, 9.17) is 5.73 Å². The summed E-state index contributed by atoms with van der Waals surface area (Å²) in [6, 6.07) is 10.9. The number of rotatable bonds is 2. The molecule has 0 saturated heterocycles. The average molecular weight is 269 g/mol. The Labute approximate surface area is 119 Å². The lowest BCUT2D eigenvalue weighted by molar-refractivity contribution is 0.262. The van der Waals surface area contributed by atoms with E-state index in [1.165, 1.54) is 5.56 Å². The summed E-state index contributed by atoms with van der Waals surface area (Å²) in [7, 11) is 0. The van der Waals surface area contributed by atoms with Crippen molar-refractivity contribution in [1.82, 2.24) is 0 Å². The molecule has 2 amide bonds. The van der Waals surface area contributed by atoms with Gasteiger partial charge in [0.2, 0.25) is 0 Å². The van der Waals surface area contributed by atoms with Crippen LogP contribution in [0.2, 0.25) is 0 Å². The van der Waals surface area contributed by atoms with E-state index in [1.807, 2.05) is 32.9 Å². The molecule has 0 unspecified atom stereocenters. The van der Waals surface area contributed by atoms with E-state index in [2.05, 4.69) is 10.6 Å². The number of nitrogen functional groups attached to an aromatic ring is 1. The summed E-state index contributed by atoms with van der Waals surface area (Å²) in [5.74, 6) is 0. The van der Waals surface area contributed by atoms with E-state index in [-0.39, 0.29) is 6.03 Å². The maximum absolute atomic E-state index is 12.0. The molecule has 2 rings (SSSR count). The highest BCUT2D eigenvalue weighted by atomic mass is 16.2. The lowest BCUT2D eigenvalue weighted by atomic mass is 10.1. The van der Waals surface area contributed by atoms with Gasteiger partial charge in [-0.3, -0.25) is 0 Å². The van der Waals surface area contributed by atoms with Gasteiger partial charge < -0.3 is 16.4 Å². The second-order valence-electron chi connectivity index (χ2n) is 4.98. The van der Waals surface area contributed by atoms with Gasteiger partial charge in [-0.1, -0.05) is 23.8 Å². The molecule has 0 heterocycles. The molecule has 0 bridgehead atoms. The fourth-order valence-electron chi connectivity index (χ4n) is 2.27. The topological polar surface area (TPSA) is 67.2 Å². The zero-order valence-electron chi connectivity index (χ0n) is 11.9. The smallest absolute Gasteiger partial charge is 0.323 e. The fraction of sp³-hybridized carbons (Fsp3) is 0.188. The standard InChI is InChI=1S/C16H19N3O/c1-10-7-11(2)15(12(3)8-10)19-16(20)18-14-6-4-5-13(17)9-14/h4-9H,17H2,1-3H3,(H2,18,19,20). The zero-order valence-corrected chi connectivity index (χ0v) is 11.9. The number of hydrogen-bond acceptors (Lipinski definition) is 2. The van der Waals surface area contributed by atoms with Crippen molar-refractivity contribution in [3.63, 3.8) is 0 Å². The molecule has 4 nitrogen and oxygen atoms in total. The number of aryl methyl sites for hydroxylation is 3. The number of carbonyl (C=O) groups excluding carboxylic acids is 1. The summed E-state index contributed by atoms with van der Waals surface area (Å²) in [6.45, 7) is 6.00. The van der Waals surface area contributed by atoms with Crippen LogP contribution in [0.25, 0.3) is 0 Å². The normalized spacial score (nSPS) is 10.2. The second kappa shape index (κ2) is 5.65. The first-order valence-electron chi connectivity index (χ1n) is 6.47. The van der Waals surface area contributed by atoms with Crippen LogP contribution in [0.4, 0.5) is 21.9 Å². The number of nitrogens with one attached hydrogen (secondary N) is 2. The van der Waals surface area contributed by atoms with Gasteiger partial charge in [-0.15, -0.1) is 0 Å². The Bertz CT molecular complexity index is 627. The first-order valence-corrected chi connectivity index (χ1v) is 6.47. The van der Waals surface area contributed by atoms with Crippen LogP contribution in [0, 0.1) is 20.8 Å². The second-order valence-corrected chi connectivity index (χ2v) is 4.98. The molecule has 0 aliphatic rings. The molecule has 0 aromatic heterocycles. The van der Waals surface area contributed by atoms with Crippen molar-refractivity contribution >= 4 is 23.1 Å². The summed E-state index contributed by atoms with van der Waals surface area (Å²) in [5, 5.41) is 5.65. The van der Waals surface area contributed by atoms with Gasteiger partial charge in [-0.05, 0) is 50.1 Å². The van der Waals surface area contributed by atoms with Crippen LogP contribution in [-0.2, 0) is 0 Å². The van der Waals surface area contributed by atoms with Crippen molar-refractivity contribution in [1.29, 1.82) is 0 Å². The molecular weight excluding hydrogens is 250 g/mol. The first kappa shape index (κ1) is 13.9. The maximum Gasteiger partial charge on any atom is 0.323 e. The third kappa shape index (κ3) is 3.29. The van der Waals surface area contributed by atoms with Crippen LogP contribution in [0.5, 0.6) is 0 Å². The summed E-state index contributed by atoms with van der Waals surface area (Å²) in [6.07, 6.45) is 0. The van der Waals surface area contributed by atoms with Crippen molar-refractivity contribution in [2.24, 2.45) is 0 Å². The number of amides is 2. The quantitative estimate of drug-likeness (QED) is 0.725. The minimum atomic E-state index is -0.273. The fourth-order valence-corrected chi connectivity index (χ4v) is 2.27. The van der Waals surface area contributed by atoms with Crippen LogP contribution in [0.3, 0.4) is 0 Å². The van der Waals surface area contributed by atoms with E-state index in [0.717, 1.165) is 16.8 Å². The molecule has 0 aliphatic heterocycles. The molecule has 4 N–H and O–H groups in total. The van der Waals surface area contributed by atoms with Crippen molar-refractivity contribution < 1.29 is 4.79 Å². The maximum atomic E-state index is 12.0. The third-order valence-corrected chi connectivity index (χ3v) is 3.06. The van der Waals surface area contributed by atoms with E-state index in [0.29, 0.717) is 11.4 Å². The number of anilines is 3. The highest BCUT2D eigenvalue weighted by molar-refractivity contribution is 6.00. The Balaban J connectivity index is 2.13. The molecule has 0 fully saturated rings. The van der Waals surface area contributed by atoms with Crippen LogP contribution in [0.15, 0.2) is 36.4 Å². The van der Waals surface area contributed by atoms with E-state index in [9.17, 15) is 4.79 Å². The number of urea groups is 1. The Morgan fingerprint density at radius 2 is 1.65 bits per heavy atom. The average Bonchev–Trinajstić information content (AvgIpc) is 2.33. The summed E-state index contributed by atoms with van der Waals surface area (Å²) in [4.78, 5) is 12.0. The number of benzene rings is 2. The molecule has 104 valence electrons. The van der Waals surface area contributed by atoms with Gasteiger partial charge in [0.25, 0.3) is 0 Å². The highest BCUT2D eigenvalue weighted by Gasteiger charge is 2.08. The Morgan fingerprint density at radius 1 is 1.00 bits per heavy atom. The predicted molar refractivity (Wildman–Crippen MR) is 84.1 cm³/mol. The molecule has 0 saturated carbocycles. The SMILES string of the molecule is Cc1cc(C)c(NC(=O)Nc2cccc(N)c2)c(C)c1. The Kier molecular flexibility index (Phi) is 3.94. The number of nitrogens with two attached hydrogens (primary N) is 1. The Hall–Kier alpha value is -2.49. The van der Waals surface area contributed by atoms with Crippen LogP contribution in [0.1, 0.15) is 16.7 Å². The molecule has 20 heavy (non-hydrogen) atoms. The first-order chi connectivity index (χ1) is 9.45. The minimum Gasteiger partial charge on any atom is -0.399 e. The zero-order chi connectivity index (χ0) is 14.7. The molecule has 2 aromatic carbocycles. The van der Waals surface area contributed by atoms with Crippen molar-refractivity contribution in [3.05, 3.63) is 53.1 Å². The molecule has 0 aliphatic carbocycles. The van der Waals surface area contributed by atoms with E-state index >= 15 is 0 Å². The lowest BCUT2D eigenvalue weighted by Gasteiger charge is -2.13. The molecule has 0 radical (unpaired) electrons. The largest absolute Gasteiger partial charge is 0.399 e. The number of carbonyl (C=O) groups is 1. The monoisotopic (exact) mass is 269 g/mol. The summed E-state index contributed by atoms with van der Waals surface area (Å²) >= 11 is 0. The van der Waals surface area contributed by atoms with Crippen LogP contribution in [-0.4, -0.2) is 6.03 Å². The summed E-state index contributed by atoms with van der Waals surface area (Å²) in [5.41, 5.74) is 11.1. The molecular formula is C16H19N3O. The van der Waals surface area contributed by atoms with Crippen molar-refractivity contribution in [3.8, 4) is 0 Å². The number of hydrogen-bond donors (Lipinski definition) is 3. The van der Waals surface area contributed by atoms with Gasteiger partial charge in [-0.25, -0.2) is 4.79 Å². The molecule has 0 spiro atoms. The summed E-state index contributed by atoms with van der Waals surface area (Å²) < 4.78 is 0. The van der Waals surface area contributed by atoms with E-state index in [1.54, 1.807) is 24.3 Å². The molecule has 0 atom stereocenters. The molecule has 2 aromatic rings. The lowest BCUT2D eigenvalue weighted by Crippen LogP contribution is -2.20. The Morgan fingerprint density at radius 3 is 2.25 bits per heavy atom. The van der Waals surface area contributed by atoms with Crippen molar-refractivity contribution in [2.45, 2.75) is 20.8 Å². The molecule has 4 heteroatoms.